The van der Waals surface area contributed by atoms with Crippen molar-refractivity contribution < 1.29 is 0 Å². The zero-order valence-corrected chi connectivity index (χ0v) is 6.87. The smallest absolute Gasteiger partial charge is 0.250 e. The Morgan fingerprint density at radius 1 is 1.23 bits per heavy atom. The first-order chi connectivity index (χ1) is 6.25. The van der Waals surface area contributed by atoms with Crippen LogP contribution in [0.2, 0.25) is 0 Å². The standard InChI is InChI=1S/C9H9N3O/c10-8-3-7(4-9(13)12-8)6-1-2-11-5-6/h1-5,11H,(H3,10,12,13). The highest BCUT2D eigenvalue weighted by Gasteiger charge is 1.99. The van der Waals surface area contributed by atoms with Gasteiger partial charge in [-0.25, -0.2) is 0 Å². The third kappa shape index (κ3) is 1.46. The number of nitrogens with one attached hydrogen (secondary N) is 2. The van der Waals surface area contributed by atoms with E-state index in [2.05, 4.69) is 9.97 Å². The summed E-state index contributed by atoms with van der Waals surface area (Å²) in [4.78, 5) is 16.5. The molecule has 0 bridgehead atoms. The van der Waals surface area contributed by atoms with Gasteiger partial charge < -0.3 is 15.7 Å². The first-order valence-electron chi connectivity index (χ1n) is 3.89. The molecule has 2 aromatic heterocycles. The molecule has 0 saturated heterocycles. The van der Waals surface area contributed by atoms with Crippen molar-refractivity contribution in [3.63, 3.8) is 0 Å². The average molecular weight is 175 g/mol. The fourth-order valence-corrected chi connectivity index (χ4v) is 1.23. The maximum absolute atomic E-state index is 11.1. The highest BCUT2D eigenvalue weighted by atomic mass is 16.1. The fourth-order valence-electron chi connectivity index (χ4n) is 1.23. The Labute approximate surface area is 74.4 Å². The van der Waals surface area contributed by atoms with Gasteiger partial charge in [-0.2, -0.15) is 0 Å². The summed E-state index contributed by atoms with van der Waals surface area (Å²) >= 11 is 0. The molecular weight excluding hydrogens is 166 g/mol. The summed E-state index contributed by atoms with van der Waals surface area (Å²) in [5.74, 6) is 0.378. The van der Waals surface area contributed by atoms with Gasteiger partial charge in [0.15, 0.2) is 0 Å². The Morgan fingerprint density at radius 2 is 2.08 bits per heavy atom. The zero-order valence-electron chi connectivity index (χ0n) is 6.87. The lowest BCUT2D eigenvalue weighted by molar-refractivity contribution is 1.25. The second kappa shape index (κ2) is 2.82. The molecule has 0 aliphatic carbocycles. The Kier molecular flexibility index (Phi) is 1.66. The first-order valence-corrected chi connectivity index (χ1v) is 3.89. The largest absolute Gasteiger partial charge is 0.385 e. The van der Waals surface area contributed by atoms with Crippen LogP contribution >= 0.6 is 0 Å². The van der Waals surface area contributed by atoms with Crippen molar-refractivity contribution in [1.29, 1.82) is 0 Å². The summed E-state index contributed by atoms with van der Waals surface area (Å²) < 4.78 is 0. The minimum Gasteiger partial charge on any atom is -0.385 e. The van der Waals surface area contributed by atoms with Crippen LogP contribution in [0.15, 0.2) is 35.4 Å². The maximum atomic E-state index is 11.1. The number of nitrogen functional groups attached to an aromatic ring is 1. The minimum absolute atomic E-state index is 0.184. The molecule has 4 N–H and O–H groups in total. The van der Waals surface area contributed by atoms with Gasteiger partial charge in [-0.1, -0.05) is 0 Å². The monoisotopic (exact) mass is 175 g/mol. The lowest BCUT2D eigenvalue weighted by atomic mass is 10.1. The summed E-state index contributed by atoms with van der Waals surface area (Å²) in [6.07, 6.45) is 3.61. The summed E-state index contributed by atoms with van der Waals surface area (Å²) in [6, 6.07) is 5.12. The molecule has 0 aliphatic heterocycles. The molecule has 0 aliphatic rings. The molecule has 0 fully saturated rings. The summed E-state index contributed by atoms with van der Waals surface area (Å²) in [7, 11) is 0. The van der Waals surface area contributed by atoms with Gasteiger partial charge >= 0.3 is 0 Å². The van der Waals surface area contributed by atoms with Crippen LogP contribution in [0.25, 0.3) is 11.1 Å². The van der Waals surface area contributed by atoms with Crippen molar-refractivity contribution in [2.75, 3.05) is 5.73 Å². The van der Waals surface area contributed by atoms with E-state index in [9.17, 15) is 4.79 Å². The fraction of sp³-hybridized carbons (Fsp3) is 0. The molecule has 0 saturated carbocycles. The number of pyridine rings is 1. The topological polar surface area (TPSA) is 74.7 Å². The second-order valence-corrected chi connectivity index (χ2v) is 2.79. The molecule has 4 heteroatoms. The first kappa shape index (κ1) is 7.67. The van der Waals surface area contributed by atoms with E-state index < -0.39 is 0 Å². The predicted molar refractivity (Wildman–Crippen MR) is 51.3 cm³/mol. The summed E-state index contributed by atoms with van der Waals surface area (Å²) in [5, 5.41) is 0. The highest BCUT2D eigenvalue weighted by molar-refractivity contribution is 5.64. The van der Waals surface area contributed by atoms with Gasteiger partial charge in [0.1, 0.15) is 5.82 Å². The number of aromatic amines is 2. The van der Waals surface area contributed by atoms with Gasteiger partial charge in [-0.05, 0) is 23.3 Å². The van der Waals surface area contributed by atoms with Crippen molar-refractivity contribution in [2.45, 2.75) is 0 Å². The van der Waals surface area contributed by atoms with E-state index in [4.69, 9.17) is 5.73 Å². The molecular formula is C9H9N3O. The second-order valence-electron chi connectivity index (χ2n) is 2.79. The molecule has 4 nitrogen and oxygen atoms in total. The Balaban J connectivity index is 2.59. The molecule has 0 radical (unpaired) electrons. The van der Waals surface area contributed by atoms with Gasteiger partial charge in [-0.15, -0.1) is 0 Å². The normalized spacial score (nSPS) is 10.2. The van der Waals surface area contributed by atoms with Crippen molar-refractivity contribution in [3.05, 3.63) is 40.9 Å². The van der Waals surface area contributed by atoms with Crippen molar-refractivity contribution in [2.24, 2.45) is 0 Å². The van der Waals surface area contributed by atoms with E-state index in [1.165, 1.54) is 6.07 Å². The van der Waals surface area contributed by atoms with Gasteiger partial charge in [0.05, 0.1) is 0 Å². The summed E-state index contributed by atoms with van der Waals surface area (Å²) in [6.45, 7) is 0. The van der Waals surface area contributed by atoms with Crippen molar-refractivity contribution in [1.82, 2.24) is 9.97 Å². The van der Waals surface area contributed by atoms with E-state index in [1.807, 2.05) is 12.3 Å². The molecule has 2 aromatic rings. The van der Waals surface area contributed by atoms with Crippen LogP contribution in [0.3, 0.4) is 0 Å². The van der Waals surface area contributed by atoms with Crippen LogP contribution in [0.5, 0.6) is 0 Å². The van der Waals surface area contributed by atoms with E-state index >= 15 is 0 Å². The number of anilines is 1. The number of hydrogen-bond donors (Lipinski definition) is 3. The van der Waals surface area contributed by atoms with Crippen LogP contribution in [0, 0.1) is 0 Å². The quantitative estimate of drug-likeness (QED) is 0.603. The van der Waals surface area contributed by atoms with Crippen LogP contribution in [0.4, 0.5) is 5.82 Å². The molecule has 2 heterocycles. The predicted octanol–water partition coefficient (Wildman–Crippen LogP) is 0.952. The highest BCUT2D eigenvalue weighted by Crippen LogP contribution is 2.17. The number of aromatic nitrogens is 2. The number of H-pyrrole nitrogens is 2. The molecule has 0 unspecified atom stereocenters. The molecule has 2 rings (SSSR count). The van der Waals surface area contributed by atoms with Gasteiger partial charge in [0.25, 0.3) is 0 Å². The third-order valence-corrected chi connectivity index (χ3v) is 1.80. The van der Waals surface area contributed by atoms with Crippen LogP contribution in [-0.2, 0) is 0 Å². The van der Waals surface area contributed by atoms with Crippen LogP contribution < -0.4 is 11.3 Å². The Bertz CT molecular complexity index is 456. The number of nitrogens with two attached hydrogens (primary N) is 1. The molecule has 0 atom stereocenters. The molecule has 0 aromatic carbocycles. The van der Waals surface area contributed by atoms with Crippen molar-refractivity contribution in [3.8, 4) is 11.1 Å². The number of hydrogen-bond acceptors (Lipinski definition) is 2. The van der Waals surface area contributed by atoms with E-state index in [0.29, 0.717) is 5.82 Å². The zero-order chi connectivity index (χ0) is 9.26. The average Bonchev–Trinajstić information content (AvgIpc) is 2.53. The molecule has 13 heavy (non-hydrogen) atoms. The van der Waals surface area contributed by atoms with E-state index in [1.54, 1.807) is 12.3 Å². The summed E-state index contributed by atoms with van der Waals surface area (Å²) in [5.41, 5.74) is 7.09. The molecule has 66 valence electrons. The Morgan fingerprint density at radius 3 is 2.69 bits per heavy atom. The van der Waals surface area contributed by atoms with Crippen LogP contribution in [0.1, 0.15) is 0 Å². The van der Waals surface area contributed by atoms with Gasteiger partial charge in [0.2, 0.25) is 5.56 Å². The molecule has 0 spiro atoms. The number of rotatable bonds is 1. The van der Waals surface area contributed by atoms with Crippen LogP contribution in [-0.4, -0.2) is 9.97 Å². The van der Waals surface area contributed by atoms with Gasteiger partial charge in [0, 0.05) is 18.5 Å². The van der Waals surface area contributed by atoms with E-state index in [-0.39, 0.29) is 5.56 Å². The van der Waals surface area contributed by atoms with Gasteiger partial charge in [-0.3, -0.25) is 4.79 Å². The molecule has 0 amide bonds. The SMILES string of the molecule is Nc1cc(-c2cc[nH]c2)cc(=O)[nH]1. The maximum Gasteiger partial charge on any atom is 0.250 e. The lowest BCUT2D eigenvalue weighted by Crippen LogP contribution is -2.07. The third-order valence-electron chi connectivity index (χ3n) is 1.80. The lowest BCUT2D eigenvalue weighted by Gasteiger charge is -1.97. The van der Waals surface area contributed by atoms with E-state index in [0.717, 1.165) is 11.1 Å². The Hall–Kier alpha value is -1.97. The minimum atomic E-state index is -0.184. The van der Waals surface area contributed by atoms with Crippen molar-refractivity contribution >= 4 is 5.82 Å².